The van der Waals surface area contributed by atoms with Crippen LogP contribution in [-0.2, 0) is 13.6 Å². The van der Waals surface area contributed by atoms with Crippen LogP contribution in [0.2, 0.25) is 0 Å². The molecule has 1 rings (SSSR count). The Bertz CT molecular complexity index is 285. The zero-order valence-corrected chi connectivity index (χ0v) is 12.5. The number of nitrogens with two attached hydrogens (primary N) is 1. The van der Waals surface area contributed by atoms with Crippen molar-refractivity contribution in [1.82, 2.24) is 0 Å². The van der Waals surface area contributed by atoms with E-state index in [2.05, 4.69) is 19.2 Å². The van der Waals surface area contributed by atoms with Gasteiger partial charge in [-0.15, -0.1) is 0 Å². The lowest BCUT2D eigenvalue weighted by atomic mass is 10.2. The Labute approximate surface area is 105 Å². The van der Waals surface area contributed by atoms with Crippen molar-refractivity contribution in [3.8, 4) is 0 Å². The second-order valence-corrected chi connectivity index (χ2v) is 7.62. The first-order valence-corrected chi connectivity index (χ1v) is 8.29. The maximum Gasteiger partial charge on any atom is 0.390 e. The van der Waals surface area contributed by atoms with Gasteiger partial charge in [0, 0.05) is 13.3 Å². The van der Waals surface area contributed by atoms with Crippen LogP contribution in [0.1, 0.15) is 53.4 Å². The van der Waals surface area contributed by atoms with E-state index in [9.17, 15) is 4.57 Å². The van der Waals surface area contributed by atoms with E-state index >= 15 is 0 Å². The molecule has 1 heterocycles. The van der Waals surface area contributed by atoms with Crippen LogP contribution in [0.15, 0.2) is 0 Å². The van der Waals surface area contributed by atoms with Crippen molar-refractivity contribution in [3.05, 3.63) is 0 Å². The average molecular weight is 264 g/mol. The van der Waals surface area contributed by atoms with Crippen LogP contribution < -0.4 is 5.32 Å². The van der Waals surface area contributed by atoms with Crippen LogP contribution in [0, 0.1) is 0 Å². The molecular weight excluding hydrogens is 237 g/mol. The standard InChI is InChI=1S/C12H26NO3P/c1-5-8-12(4,13-9-6-2)17(14)15-10-7-11(3)16-17/h11,13H,5-10H2,1-4H3/p+1/t11-,12-,17-/m0/s1. The highest BCUT2D eigenvalue weighted by molar-refractivity contribution is 7.55. The van der Waals surface area contributed by atoms with Gasteiger partial charge in [0.2, 0.25) is 0 Å². The summed E-state index contributed by atoms with van der Waals surface area (Å²) in [5, 5.41) is 1.72. The lowest BCUT2D eigenvalue weighted by Crippen LogP contribution is -2.95. The van der Waals surface area contributed by atoms with Crippen LogP contribution in [0.4, 0.5) is 0 Å². The summed E-state index contributed by atoms with van der Waals surface area (Å²) >= 11 is 0. The molecule has 1 saturated heterocycles. The van der Waals surface area contributed by atoms with E-state index in [0.717, 1.165) is 32.2 Å². The minimum absolute atomic E-state index is 0.0424. The van der Waals surface area contributed by atoms with Crippen molar-refractivity contribution in [2.45, 2.75) is 64.8 Å². The molecule has 4 nitrogen and oxygen atoms in total. The third-order valence-electron chi connectivity index (χ3n) is 3.36. The van der Waals surface area contributed by atoms with Gasteiger partial charge in [-0.1, -0.05) is 13.8 Å². The van der Waals surface area contributed by atoms with Gasteiger partial charge in [-0.25, -0.2) is 0 Å². The molecule has 5 heteroatoms. The fourth-order valence-corrected chi connectivity index (χ4v) is 4.61. The van der Waals surface area contributed by atoms with Crippen LogP contribution in [0.25, 0.3) is 0 Å². The third-order valence-corrected chi connectivity index (χ3v) is 6.18. The van der Waals surface area contributed by atoms with Gasteiger partial charge in [0.25, 0.3) is 0 Å². The van der Waals surface area contributed by atoms with Crippen molar-refractivity contribution >= 4 is 7.60 Å². The predicted octanol–water partition coefficient (Wildman–Crippen LogP) is 2.49. The number of quaternary nitrogens is 1. The summed E-state index contributed by atoms with van der Waals surface area (Å²) in [5.74, 6) is 0. The molecule has 0 aliphatic carbocycles. The first-order valence-electron chi connectivity index (χ1n) is 6.75. The normalized spacial score (nSPS) is 33.3. The molecule has 0 spiro atoms. The Kier molecular flexibility index (Phi) is 5.65. The molecule has 2 N–H and O–H groups in total. The summed E-state index contributed by atoms with van der Waals surface area (Å²) in [6, 6.07) is 0. The van der Waals surface area contributed by atoms with Gasteiger partial charge in [-0.3, -0.25) is 4.57 Å². The minimum atomic E-state index is -2.99. The van der Waals surface area contributed by atoms with Gasteiger partial charge in [-0.05, 0) is 26.2 Å². The summed E-state index contributed by atoms with van der Waals surface area (Å²) in [7, 11) is -2.99. The SMILES string of the molecule is CCC[NH2+][C@](C)(CCC)[P@]1(=O)OCC[C@H](C)O1. The number of hydrogen-bond donors (Lipinski definition) is 1. The molecule has 0 amide bonds. The first-order chi connectivity index (χ1) is 7.97. The molecule has 17 heavy (non-hydrogen) atoms. The summed E-state index contributed by atoms with van der Waals surface area (Å²) in [5.41, 5.74) is 0. The molecule has 0 unspecified atom stereocenters. The molecule has 0 bridgehead atoms. The smallest absolute Gasteiger partial charge is 0.332 e. The molecule has 1 aliphatic rings. The summed E-state index contributed by atoms with van der Waals surface area (Å²) in [6.45, 7) is 9.74. The van der Waals surface area contributed by atoms with E-state index < -0.39 is 12.9 Å². The van der Waals surface area contributed by atoms with Crippen molar-refractivity contribution in [2.24, 2.45) is 0 Å². The van der Waals surface area contributed by atoms with Crippen molar-refractivity contribution in [2.75, 3.05) is 13.2 Å². The molecule has 0 aromatic rings. The van der Waals surface area contributed by atoms with Crippen LogP contribution in [0.3, 0.4) is 0 Å². The zero-order chi connectivity index (χ0) is 12.9. The molecular formula is C12H27NO3P+. The fourth-order valence-electron chi connectivity index (χ4n) is 2.24. The van der Waals surface area contributed by atoms with Gasteiger partial charge in [0.1, 0.15) is 0 Å². The Morgan fingerprint density at radius 3 is 2.65 bits per heavy atom. The summed E-state index contributed by atoms with van der Waals surface area (Å²) < 4.78 is 24.1. The van der Waals surface area contributed by atoms with E-state index in [1.807, 2.05) is 13.8 Å². The number of rotatable bonds is 6. The highest BCUT2D eigenvalue weighted by Crippen LogP contribution is 2.61. The lowest BCUT2D eigenvalue weighted by molar-refractivity contribution is -0.705. The van der Waals surface area contributed by atoms with E-state index in [1.54, 1.807) is 0 Å². The maximum absolute atomic E-state index is 12.9. The van der Waals surface area contributed by atoms with Gasteiger partial charge in [0.15, 0.2) is 5.28 Å². The lowest BCUT2D eigenvalue weighted by Gasteiger charge is -2.38. The molecule has 1 aliphatic heterocycles. The maximum atomic E-state index is 12.9. The van der Waals surface area contributed by atoms with Crippen molar-refractivity contribution in [1.29, 1.82) is 0 Å². The zero-order valence-electron chi connectivity index (χ0n) is 11.6. The summed E-state index contributed by atoms with van der Waals surface area (Å²) in [6.07, 6.45) is 3.79. The molecule has 0 radical (unpaired) electrons. The highest BCUT2D eigenvalue weighted by atomic mass is 31.2. The van der Waals surface area contributed by atoms with Gasteiger partial charge in [-0.2, -0.15) is 0 Å². The molecule has 0 saturated carbocycles. The molecule has 3 atom stereocenters. The second-order valence-electron chi connectivity index (χ2n) is 5.14. The van der Waals surface area contributed by atoms with Crippen LogP contribution >= 0.6 is 7.60 Å². The van der Waals surface area contributed by atoms with Crippen molar-refractivity contribution in [3.63, 3.8) is 0 Å². The molecule has 0 aromatic carbocycles. The molecule has 1 fully saturated rings. The molecule has 0 aromatic heterocycles. The Morgan fingerprint density at radius 2 is 2.12 bits per heavy atom. The van der Waals surface area contributed by atoms with E-state index in [4.69, 9.17) is 9.05 Å². The second kappa shape index (κ2) is 6.33. The van der Waals surface area contributed by atoms with Gasteiger partial charge >= 0.3 is 7.60 Å². The highest BCUT2D eigenvalue weighted by Gasteiger charge is 2.52. The van der Waals surface area contributed by atoms with Gasteiger partial charge in [0.05, 0.1) is 19.3 Å². The van der Waals surface area contributed by atoms with E-state index in [-0.39, 0.29) is 6.10 Å². The quantitative estimate of drug-likeness (QED) is 0.750. The Morgan fingerprint density at radius 1 is 1.41 bits per heavy atom. The van der Waals surface area contributed by atoms with Crippen LogP contribution in [0.5, 0.6) is 0 Å². The third kappa shape index (κ3) is 3.54. The fraction of sp³-hybridized carbons (Fsp3) is 1.00. The Balaban J connectivity index is 2.83. The Hall–Kier alpha value is 0.110. The average Bonchev–Trinajstić information content (AvgIpc) is 2.26. The number of hydrogen-bond acceptors (Lipinski definition) is 3. The first kappa shape index (κ1) is 15.2. The van der Waals surface area contributed by atoms with E-state index in [0.29, 0.717) is 6.61 Å². The topological polar surface area (TPSA) is 52.1 Å². The predicted molar refractivity (Wildman–Crippen MR) is 69.1 cm³/mol. The van der Waals surface area contributed by atoms with Crippen molar-refractivity contribution < 1.29 is 18.9 Å². The largest absolute Gasteiger partial charge is 0.390 e. The summed E-state index contributed by atoms with van der Waals surface area (Å²) in [4.78, 5) is 0. The van der Waals surface area contributed by atoms with Crippen LogP contribution in [-0.4, -0.2) is 24.5 Å². The monoisotopic (exact) mass is 264 g/mol. The minimum Gasteiger partial charge on any atom is -0.332 e. The van der Waals surface area contributed by atoms with E-state index in [1.165, 1.54) is 0 Å². The molecule has 102 valence electrons. The van der Waals surface area contributed by atoms with Gasteiger partial charge < -0.3 is 14.4 Å².